The van der Waals surface area contributed by atoms with Gasteiger partial charge in [-0.3, -0.25) is 4.79 Å². The molecule has 0 radical (unpaired) electrons. The number of aliphatic hydroxyl groups is 1. The van der Waals surface area contributed by atoms with E-state index in [1.807, 2.05) is 49.4 Å². The van der Waals surface area contributed by atoms with Gasteiger partial charge in [0.2, 0.25) is 0 Å². The highest BCUT2D eigenvalue weighted by molar-refractivity contribution is 5.96. The topological polar surface area (TPSA) is 87.1 Å². The van der Waals surface area contributed by atoms with Crippen molar-refractivity contribution in [2.45, 2.75) is 25.4 Å². The Labute approximate surface area is 158 Å². The van der Waals surface area contributed by atoms with Crippen LogP contribution in [0.4, 0.5) is 0 Å². The zero-order valence-corrected chi connectivity index (χ0v) is 15.2. The summed E-state index contributed by atoms with van der Waals surface area (Å²) in [5, 5.41) is 19.1. The van der Waals surface area contributed by atoms with Gasteiger partial charge in [0.15, 0.2) is 5.60 Å². The minimum Gasteiger partial charge on any atom is -0.493 e. The third kappa shape index (κ3) is 3.95. The van der Waals surface area contributed by atoms with E-state index in [-0.39, 0.29) is 31.8 Å². The molecule has 0 aromatic heterocycles. The van der Waals surface area contributed by atoms with Gasteiger partial charge in [0.05, 0.1) is 6.61 Å². The third-order valence-corrected chi connectivity index (χ3v) is 4.88. The lowest BCUT2D eigenvalue weighted by Crippen LogP contribution is -2.50. The zero-order chi connectivity index (χ0) is 19.4. The Bertz CT molecular complexity index is 840. The molecule has 3 rings (SSSR count). The normalized spacial score (nSPS) is 16.0. The fourth-order valence-electron chi connectivity index (χ4n) is 3.28. The first-order valence-corrected chi connectivity index (χ1v) is 9.02. The molecule has 0 atom stereocenters. The van der Waals surface area contributed by atoms with Crippen LogP contribution < -0.4 is 4.74 Å². The average Bonchev–Trinajstić information content (AvgIpc) is 2.69. The number of para-hydroxylation sites is 1. The maximum atomic E-state index is 12.8. The summed E-state index contributed by atoms with van der Waals surface area (Å²) in [6.07, 6.45) is 0.0574. The van der Waals surface area contributed by atoms with Gasteiger partial charge in [-0.2, -0.15) is 0 Å². The number of likely N-dealkylation sites (tertiary alicyclic amines) is 1. The molecule has 0 unspecified atom stereocenters. The average molecular weight is 369 g/mol. The molecule has 0 saturated carbocycles. The minimum atomic E-state index is -1.74. The number of piperidine rings is 1. The largest absolute Gasteiger partial charge is 0.493 e. The van der Waals surface area contributed by atoms with Crippen LogP contribution in [0, 0.1) is 0 Å². The molecule has 1 heterocycles. The van der Waals surface area contributed by atoms with Crippen LogP contribution in [-0.2, 0) is 4.79 Å². The molecule has 1 amide bonds. The number of carboxylic acids is 1. The predicted molar refractivity (Wildman–Crippen MR) is 101 cm³/mol. The van der Waals surface area contributed by atoms with E-state index in [1.165, 1.54) is 0 Å². The first-order chi connectivity index (χ1) is 12.9. The van der Waals surface area contributed by atoms with Crippen molar-refractivity contribution in [2.24, 2.45) is 0 Å². The molecule has 2 aromatic rings. The second-order valence-electron chi connectivity index (χ2n) is 6.64. The number of nitrogens with zero attached hydrogens (tertiary/aromatic N) is 1. The molecule has 1 aliphatic rings. The van der Waals surface area contributed by atoms with Crippen molar-refractivity contribution >= 4 is 11.9 Å². The predicted octanol–water partition coefficient (Wildman–Crippen LogP) is 2.80. The highest BCUT2D eigenvalue weighted by Gasteiger charge is 2.40. The molecule has 1 saturated heterocycles. The lowest BCUT2D eigenvalue weighted by atomic mass is 9.91. The van der Waals surface area contributed by atoms with Crippen LogP contribution in [0.15, 0.2) is 48.5 Å². The summed E-state index contributed by atoms with van der Waals surface area (Å²) in [6, 6.07) is 15.0. The van der Waals surface area contributed by atoms with Gasteiger partial charge >= 0.3 is 5.97 Å². The highest BCUT2D eigenvalue weighted by atomic mass is 16.5. The number of carboxylic acid groups (broad SMARTS) is 1. The first kappa shape index (κ1) is 18.9. The molecule has 0 spiro atoms. The molecule has 0 aliphatic carbocycles. The first-order valence-electron chi connectivity index (χ1n) is 9.02. The van der Waals surface area contributed by atoms with Crippen LogP contribution in [0.25, 0.3) is 11.1 Å². The molecule has 6 nitrogen and oxygen atoms in total. The number of hydrogen-bond acceptors (Lipinski definition) is 4. The van der Waals surface area contributed by atoms with Crippen molar-refractivity contribution in [1.29, 1.82) is 0 Å². The highest BCUT2D eigenvalue weighted by Crippen LogP contribution is 2.31. The number of benzene rings is 2. The monoisotopic (exact) mass is 369 g/mol. The SMILES string of the molecule is CCOc1ccccc1-c1cccc(C(=O)N2CCC(O)(C(=O)O)CC2)c1. The van der Waals surface area contributed by atoms with Crippen LogP contribution in [0.5, 0.6) is 5.75 Å². The van der Waals surface area contributed by atoms with E-state index in [4.69, 9.17) is 9.84 Å². The quantitative estimate of drug-likeness (QED) is 0.846. The minimum absolute atomic E-state index is 0.0287. The molecule has 142 valence electrons. The Morgan fingerprint density at radius 2 is 1.81 bits per heavy atom. The van der Waals surface area contributed by atoms with E-state index in [0.717, 1.165) is 16.9 Å². The van der Waals surface area contributed by atoms with Gasteiger partial charge in [-0.05, 0) is 30.7 Å². The summed E-state index contributed by atoms with van der Waals surface area (Å²) in [5.41, 5.74) is 0.575. The van der Waals surface area contributed by atoms with Crippen LogP contribution in [0.3, 0.4) is 0 Å². The number of hydrogen-bond donors (Lipinski definition) is 2. The second-order valence-corrected chi connectivity index (χ2v) is 6.64. The van der Waals surface area contributed by atoms with Gasteiger partial charge in [-0.25, -0.2) is 4.79 Å². The van der Waals surface area contributed by atoms with Gasteiger partial charge in [-0.1, -0.05) is 30.3 Å². The molecule has 1 fully saturated rings. The van der Waals surface area contributed by atoms with Gasteiger partial charge in [-0.15, -0.1) is 0 Å². The van der Waals surface area contributed by atoms with Crippen molar-refractivity contribution < 1.29 is 24.5 Å². The van der Waals surface area contributed by atoms with E-state index >= 15 is 0 Å². The van der Waals surface area contributed by atoms with E-state index in [1.54, 1.807) is 11.0 Å². The molecule has 27 heavy (non-hydrogen) atoms. The maximum absolute atomic E-state index is 12.8. The molecule has 0 bridgehead atoms. The van der Waals surface area contributed by atoms with Crippen molar-refractivity contribution in [3.63, 3.8) is 0 Å². The second kappa shape index (κ2) is 7.80. The van der Waals surface area contributed by atoms with Gasteiger partial charge in [0.1, 0.15) is 5.75 Å². The van der Waals surface area contributed by atoms with E-state index < -0.39 is 11.6 Å². The maximum Gasteiger partial charge on any atom is 0.335 e. The lowest BCUT2D eigenvalue weighted by Gasteiger charge is -2.35. The fraction of sp³-hybridized carbons (Fsp3) is 0.333. The van der Waals surface area contributed by atoms with E-state index in [2.05, 4.69) is 0 Å². The summed E-state index contributed by atoms with van der Waals surface area (Å²) in [6.45, 7) is 2.89. The Balaban J connectivity index is 1.80. The number of rotatable bonds is 5. The lowest BCUT2D eigenvalue weighted by molar-refractivity contribution is -0.162. The van der Waals surface area contributed by atoms with Gasteiger partial charge < -0.3 is 19.8 Å². The van der Waals surface area contributed by atoms with Crippen LogP contribution in [0.1, 0.15) is 30.1 Å². The van der Waals surface area contributed by atoms with E-state index in [9.17, 15) is 14.7 Å². The summed E-state index contributed by atoms with van der Waals surface area (Å²) in [7, 11) is 0. The summed E-state index contributed by atoms with van der Waals surface area (Å²) in [4.78, 5) is 25.6. The summed E-state index contributed by atoms with van der Waals surface area (Å²) >= 11 is 0. The number of aliphatic carboxylic acids is 1. The summed E-state index contributed by atoms with van der Waals surface area (Å²) < 4.78 is 5.67. The molecular formula is C21H23NO5. The standard InChI is InChI=1S/C21H23NO5/c1-2-27-18-9-4-3-8-17(18)15-6-5-7-16(14-15)19(23)22-12-10-21(26,11-13-22)20(24)25/h3-9,14,26H,2,10-13H2,1H3,(H,24,25). The van der Waals surface area contributed by atoms with Gasteiger partial charge in [0, 0.05) is 37.1 Å². The number of carbonyl (C=O) groups is 2. The smallest absolute Gasteiger partial charge is 0.335 e. The van der Waals surface area contributed by atoms with Crippen LogP contribution in [-0.4, -0.2) is 52.3 Å². The van der Waals surface area contributed by atoms with Gasteiger partial charge in [0.25, 0.3) is 5.91 Å². The molecule has 1 aliphatic heterocycles. The Kier molecular flexibility index (Phi) is 5.46. The molecule has 2 aromatic carbocycles. The Hall–Kier alpha value is -2.86. The fourth-order valence-corrected chi connectivity index (χ4v) is 3.28. The number of carbonyl (C=O) groups excluding carboxylic acids is 1. The summed E-state index contributed by atoms with van der Waals surface area (Å²) in [5.74, 6) is -0.642. The zero-order valence-electron chi connectivity index (χ0n) is 15.2. The molecular weight excluding hydrogens is 346 g/mol. The molecule has 2 N–H and O–H groups in total. The number of ether oxygens (including phenoxy) is 1. The van der Waals surface area contributed by atoms with Crippen LogP contribution in [0.2, 0.25) is 0 Å². The molecule has 6 heteroatoms. The third-order valence-electron chi connectivity index (χ3n) is 4.88. The van der Waals surface area contributed by atoms with Crippen molar-refractivity contribution in [1.82, 2.24) is 4.90 Å². The van der Waals surface area contributed by atoms with Crippen molar-refractivity contribution in [3.05, 3.63) is 54.1 Å². The van der Waals surface area contributed by atoms with Crippen LogP contribution >= 0.6 is 0 Å². The Morgan fingerprint density at radius 3 is 2.48 bits per heavy atom. The number of amides is 1. The van der Waals surface area contributed by atoms with E-state index in [0.29, 0.717) is 12.2 Å². The van der Waals surface area contributed by atoms with Crippen molar-refractivity contribution in [3.8, 4) is 16.9 Å². The Morgan fingerprint density at radius 1 is 1.11 bits per heavy atom. The van der Waals surface area contributed by atoms with Crippen molar-refractivity contribution in [2.75, 3.05) is 19.7 Å².